The first-order chi connectivity index (χ1) is 8.91. The fraction of sp³-hybridized carbons (Fsp3) is 0.500. The Bertz CT molecular complexity index is 551. The molecule has 0 atom stereocenters. The van der Waals surface area contributed by atoms with Crippen LogP contribution < -0.4 is 15.4 Å². The molecule has 0 bridgehead atoms. The molecule has 1 aromatic rings. The predicted molar refractivity (Wildman–Crippen MR) is 76.0 cm³/mol. The van der Waals surface area contributed by atoms with E-state index in [0.717, 1.165) is 11.4 Å². The highest BCUT2D eigenvalue weighted by molar-refractivity contribution is 7.88. The van der Waals surface area contributed by atoms with Crippen LogP contribution in [0.25, 0.3) is 0 Å². The number of nitrogens with zero attached hydrogens (tertiary/aromatic N) is 2. The van der Waals surface area contributed by atoms with Gasteiger partial charge in [-0.1, -0.05) is 0 Å². The van der Waals surface area contributed by atoms with Gasteiger partial charge in [-0.3, -0.25) is 0 Å². The van der Waals surface area contributed by atoms with Crippen LogP contribution in [0, 0.1) is 0 Å². The molecule has 0 aromatic heterocycles. The van der Waals surface area contributed by atoms with Gasteiger partial charge in [0.25, 0.3) is 0 Å². The summed E-state index contributed by atoms with van der Waals surface area (Å²) in [6.07, 6.45) is 1.24. The molecule has 0 spiro atoms. The summed E-state index contributed by atoms with van der Waals surface area (Å²) in [4.78, 5) is 2.08. The summed E-state index contributed by atoms with van der Waals surface area (Å²) in [6.45, 7) is 2.22. The Morgan fingerprint density at radius 1 is 1.21 bits per heavy atom. The van der Waals surface area contributed by atoms with E-state index in [9.17, 15) is 8.42 Å². The van der Waals surface area contributed by atoms with Gasteiger partial charge in [0.2, 0.25) is 10.0 Å². The maximum Gasteiger partial charge on any atom is 0.211 e. The molecule has 2 N–H and O–H groups in total. The van der Waals surface area contributed by atoms with Crippen molar-refractivity contribution in [3.8, 4) is 5.75 Å². The number of nitrogens with two attached hydrogens (primary N) is 1. The average Bonchev–Trinajstić information content (AvgIpc) is 2.38. The zero-order valence-corrected chi connectivity index (χ0v) is 12.0. The molecule has 19 heavy (non-hydrogen) atoms. The molecule has 0 radical (unpaired) electrons. The number of ether oxygens (including phenoxy) is 1. The third-order valence-corrected chi connectivity index (χ3v) is 4.59. The Morgan fingerprint density at radius 3 is 2.37 bits per heavy atom. The lowest BCUT2D eigenvalue weighted by Crippen LogP contribution is -2.48. The molecule has 1 aliphatic rings. The van der Waals surface area contributed by atoms with Crippen LogP contribution >= 0.6 is 0 Å². The first-order valence-electron chi connectivity index (χ1n) is 6.05. The van der Waals surface area contributed by atoms with E-state index in [4.69, 9.17) is 10.5 Å². The van der Waals surface area contributed by atoms with Crippen LogP contribution in [0.15, 0.2) is 18.2 Å². The van der Waals surface area contributed by atoms with Crippen molar-refractivity contribution in [3.63, 3.8) is 0 Å². The molecule has 1 saturated heterocycles. The fourth-order valence-electron chi connectivity index (χ4n) is 2.18. The molecule has 7 heteroatoms. The van der Waals surface area contributed by atoms with Gasteiger partial charge in [0.15, 0.2) is 0 Å². The fourth-order valence-corrected chi connectivity index (χ4v) is 3.01. The van der Waals surface area contributed by atoms with Gasteiger partial charge in [0.05, 0.1) is 24.7 Å². The van der Waals surface area contributed by atoms with Crippen molar-refractivity contribution in [1.82, 2.24) is 4.31 Å². The molecule has 1 heterocycles. The van der Waals surface area contributed by atoms with Crippen molar-refractivity contribution >= 4 is 21.4 Å². The van der Waals surface area contributed by atoms with Gasteiger partial charge in [-0.25, -0.2) is 8.42 Å². The zero-order chi connectivity index (χ0) is 14.0. The van der Waals surface area contributed by atoms with Crippen LogP contribution in [0.3, 0.4) is 0 Å². The topological polar surface area (TPSA) is 75.9 Å². The van der Waals surface area contributed by atoms with Crippen molar-refractivity contribution in [1.29, 1.82) is 0 Å². The predicted octanol–water partition coefficient (Wildman–Crippen LogP) is 0.359. The Balaban J connectivity index is 2.13. The van der Waals surface area contributed by atoms with Gasteiger partial charge >= 0.3 is 0 Å². The number of methoxy groups -OCH3 is 1. The van der Waals surface area contributed by atoms with Crippen molar-refractivity contribution in [2.24, 2.45) is 0 Å². The van der Waals surface area contributed by atoms with Gasteiger partial charge in [-0.05, 0) is 12.1 Å². The highest BCUT2D eigenvalue weighted by Gasteiger charge is 2.24. The first kappa shape index (κ1) is 14.0. The zero-order valence-electron chi connectivity index (χ0n) is 11.2. The number of hydrogen-bond donors (Lipinski definition) is 1. The van der Waals surface area contributed by atoms with Crippen LogP contribution in [0.1, 0.15) is 0 Å². The van der Waals surface area contributed by atoms with E-state index in [2.05, 4.69) is 4.90 Å². The number of hydrogen-bond acceptors (Lipinski definition) is 5. The first-order valence-corrected chi connectivity index (χ1v) is 7.90. The monoisotopic (exact) mass is 285 g/mol. The van der Waals surface area contributed by atoms with Gasteiger partial charge in [-0.2, -0.15) is 4.31 Å². The number of piperazine rings is 1. The molecular weight excluding hydrogens is 266 g/mol. The molecule has 0 unspecified atom stereocenters. The second kappa shape index (κ2) is 5.26. The number of nitrogen functional groups attached to an aromatic ring is 1. The Hall–Kier alpha value is -1.47. The smallest absolute Gasteiger partial charge is 0.211 e. The minimum absolute atomic E-state index is 0.482. The van der Waals surface area contributed by atoms with Crippen molar-refractivity contribution < 1.29 is 13.2 Å². The molecular formula is C12H19N3O3S. The molecule has 1 fully saturated rings. The Kier molecular flexibility index (Phi) is 3.86. The standard InChI is InChI=1S/C12H19N3O3S/c1-18-10-3-4-11(13)12(9-10)14-5-7-15(8-6-14)19(2,16)17/h3-4,9H,5-8,13H2,1-2H3. The second-order valence-corrected chi connectivity index (χ2v) is 6.56. The van der Waals surface area contributed by atoms with Crippen molar-refractivity contribution in [3.05, 3.63) is 18.2 Å². The minimum Gasteiger partial charge on any atom is -0.497 e. The lowest BCUT2D eigenvalue weighted by molar-refractivity contribution is 0.387. The van der Waals surface area contributed by atoms with Gasteiger partial charge in [0, 0.05) is 32.2 Å². The van der Waals surface area contributed by atoms with Crippen LogP contribution in [0.5, 0.6) is 5.75 Å². The van der Waals surface area contributed by atoms with Crippen molar-refractivity contribution in [2.75, 3.05) is 50.2 Å². The molecule has 6 nitrogen and oxygen atoms in total. The Morgan fingerprint density at radius 2 is 1.84 bits per heavy atom. The quantitative estimate of drug-likeness (QED) is 0.812. The summed E-state index contributed by atoms with van der Waals surface area (Å²) in [7, 11) is -1.50. The summed E-state index contributed by atoms with van der Waals surface area (Å²) in [5.74, 6) is 0.745. The van der Waals surface area contributed by atoms with E-state index < -0.39 is 10.0 Å². The van der Waals surface area contributed by atoms with E-state index in [1.807, 2.05) is 12.1 Å². The van der Waals surface area contributed by atoms with E-state index in [0.29, 0.717) is 31.9 Å². The highest BCUT2D eigenvalue weighted by atomic mass is 32.2. The third-order valence-electron chi connectivity index (χ3n) is 3.29. The highest BCUT2D eigenvalue weighted by Crippen LogP contribution is 2.29. The summed E-state index contributed by atoms with van der Waals surface area (Å²) in [5.41, 5.74) is 7.54. The Labute approximate surface area is 113 Å². The maximum absolute atomic E-state index is 11.5. The average molecular weight is 285 g/mol. The van der Waals surface area contributed by atoms with Gasteiger partial charge in [-0.15, -0.1) is 0 Å². The lowest BCUT2D eigenvalue weighted by atomic mass is 10.2. The lowest BCUT2D eigenvalue weighted by Gasteiger charge is -2.35. The van der Waals surface area contributed by atoms with Crippen molar-refractivity contribution in [2.45, 2.75) is 0 Å². The normalized spacial score (nSPS) is 17.5. The minimum atomic E-state index is -3.10. The van der Waals surface area contributed by atoms with Crippen LogP contribution in [0.4, 0.5) is 11.4 Å². The molecule has 0 amide bonds. The summed E-state index contributed by atoms with van der Waals surface area (Å²) in [6, 6.07) is 5.49. The second-order valence-electron chi connectivity index (χ2n) is 4.57. The number of benzene rings is 1. The van der Waals surface area contributed by atoms with Gasteiger partial charge < -0.3 is 15.4 Å². The SMILES string of the molecule is COc1ccc(N)c(N2CCN(S(C)(=O)=O)CC2)c1. The molecule has 1 aliphatic heterocycles. The van der Waals surface area contributed by atoms with Gasteiger partial charge in [0.1, 0.15) is 5.75 Å². The van der Waals surface area contributed by atoms with Crippen LogP contribution in [0.2, 0.25) is 0 Å². The van der Waals surface area contributed by atoms with E-state index in [1.165, 1.54) is 10.6 Å². The summed E-state index contributed by atoms with van der Waals surface area (Å²) < 4.78 is 29.6. The molecule has 0 saturated carbocycles. The molecule has 1 aromatic carbocycles. The number of anilines is 2. The van der Waals surface area contributed by atoms with E-state index in [-0.39, 0.29) is 0 Å². The molecule has 0 aliphatic carbocycles. The third kappa shape index (κ3) is 3.10. The van der Waals surface area contributed by atoms with Crippen LogP contribution in [-0.2, 0) is 10.0 Å². The molecule has 2 rings (SSSR count). The number of rotatable bonds is 3. The summed E-state index contributed by atoms with van der Waals surface area (Å²) in [5, 5.41) is 0. The van der Waals surface area contributed by atoms with E-state index in [1.54, 1.807) is 13.2 Å². The van der Waals surface area contributed by atoms with E-state index >= 15 is 0 Å². The maximum atomic E-state index is 11.5. The largest absolute Gasteiger partial charge is 0.497 e. The van der Waals surface area contributed by atoms with Crippen LogP contribution in [-0.4, -0.2) is 52.3 Å². The summed E-state index contributed by atoms with van der Waals surface area (Å²) >= 11 is 0. The molecule has 106 valence electrons. The number of sulfonamides is 1.